The molecule has 2 rings (SSSR count). The van der Waals surface area contributed by atoms with Crippen LogP contribution >= 0.6 is 31.9 Å². The molecule has 0 bridgehead atoms. The number of nitrogens with zero attached hydrogens (tertiary/aromatic N) is 1. The van der Waals surface area contributed by atoms with Gasteiger partial charge in [-0.05, 0) is 56.1 Å². The summed E-state index contributed by atoms with van der Waals surface area (Å²) < 4.78 is 27.4. The molecule has 2 aromatic rings. The zero-order valence-corrected chi connectivity index (χ0v) is 12.5. The van der Waals surface area contributed by atoms with E-state index >= 15 is 0 Å². The molecule has 2 aromatic carbocycles. The van der Waals surface area contributed by atoms with Crippen LogP contribution in [0.1, 0.15) is 5.56 Å². The van der Waals surface area contributed by atoms with Gasteiger partial charge in [0.25, 0.3) is 0 Å². The van der Waals surface area contributed by atoms with E-state index in [-0.39, 0.29) is 10.2 Å². The number of halogens is 4. The molecule has 19 heavy (non-hydrogen) atoms. The first-order chi connectivity index (χ1) is 9.01. The largest absolute Gasteiger partial charge is 0.353 e. The molecule has 0 heterocycles. The van der Waals surface area contributed by atoms with Crippen molar-refractivity contribution in [3.05, 3.63) is 56.5 Å². The van der Waals surface area contributed by atoms with Gasteiger partial charge < -0.3 is 5.32 Å². The average Bonchev–Trinajstić information content (AvgIpc) is 2.36. The van der Waals surface area contributed by atoms with E-state index in [1.165, 1.54) is 6.07 Å². The van der Waals surface area contributed by atoms with E-state index in [0.717, 1.165) is 6.07 Å². The van der Waals surface area contributed by atoms with Crippen LogP contribution in [0.15, 0.2) is 39.3 Å². The first kappa shape index (κ1) is 14.0. The Morgan fingerprint density at radius 2 is 1.74 bits per heavy atom. The number of anilines is 2. The van der Waals surface area contributed by atoms with Crippen molar-refractivity contribution in [3.8, 4) is 6.07 Å². The molecule has 0 aliphatic heterocycles. The summed E-state index contributed by atoms with van der Waals surface area (Å²) in [5, 5.41) is 11.6. The number of hydrogen-bond donors (Lipinski definition) is 1. The lowest BCUT2D eigenvalue weighted by atomic mass is 10.2. The van der Waals surface area contributed by atoms with Gasteiger partial charge in [-0.1, -0.05) is 0 Å². The number of nitrogens with one attached hydrogen (secondary N) is 1. The molecule has 96 valence electrons. The van der Waals surface area contributed by atoms with Crippen LogP contribution in [0, 0.1) is 23.0 Å². The molecule has 0 unspecified atom stereocenters. The third-order valence-corrected chi connectivity index (χ3v) is 3.64. The average molecular weight is 388 g/mol. The molecule has 0 fully saturated rings. The van der Waals surface area contributed by atoms with Gasteiger partial charge in [0, 0.05) is 16.2 Å². The Kier molecular flexibility index (Phi) is 4.17. The van der Waals surface area contributed by atoms with Crippen LogP contribution in [-0.2, 0) is 0 Å². The highest BCUT2D eigenvalue weighted by molar-refractivity contribution is 9.10. The van der Waals surface area contributed by atoms with Gasteiger partial charge in [0.15, 0.2) is 0 Å². The van der Waals surface area contributed by atoms with Crippen molar-refractivity contribution in [2.45, 2.75) is 0 Å². The molecule has 0 radical (unpaired) electrons. The summed E-state index contributed by atoms with van der Waals surface area (Å²) in [5.41, 5.74) is 1.21. The van der Waals surface area contributed by atoms with Gasteiger partial charge in [-0.15, -0.1) is 0 Å². The second-order valence-corrected chi connectivity index (χ2v) is 5.39. The molecular formula is C13H6Br2F2N2. The lowest BCUT2D eigenvalue weighted by Gasteiger charge is -2.09. The van der Waals surface area contributed by atoms with Crippen molar-refractivity contribution in [2.75, 3.05) is 5.32 Å². The molecule has 2 nitrogen and oxygen atoms in total. The van der Waals surface area contributed by atoms with Gasteiger partial charge in [-0.3, -0.25) is 0 Å². The van der Waals surface area contributed by atoms with Gasteiger partial charge in [-0.2, -0.15) is 5.26 Å². The van der Waals surface area contributed by atoms with Gasteiger partial charge in [0.05, 0.1) is 15.7 Å². The standard InChI is InChI=1S/C13H6Br2F2N2/c14-9-3-8(2-1-7(9)6-18)19-13-4-10(15)11(16)5-12(13)17/h1-5,19H. The highest BCUT2D eigenvalue weighted by Crippen LogP contribution is 2.28. The molecule has 6 heteroatoms. The molecule has 0 atom stereocenters. The minimum absolute atomic E-state index is 0.143. The maximum atomic E-state index is 13.6. The Balaban J connectivity index is 2.34. The molecule has 0 aromatic heterocycles. The van der Waals surface area contributed by atoms with Crippen LogP contribution in [0.3, 0.4) is 0 Å². The minimum atomic E-state index is -0.693. The zero-order valence-electron chi connectivity index (χ0n) is 9.35. The van der Waals surface area contributed by atoms with Gasteiger partial charge >= 0.3 is 0 Å². The molecule has 0 saturated heterocycles. The van der Waals surface area contributed by atoms with E-state index in [1.807, 2.05) is 6.07 Å². The summed E-state index contributed by atoms with van der Waals surface area (Å²) in [5.74, 6) is -1.36. The van der Waals surface area contributed by atoms with Crippen LogP contribution in [0.2, 0.25) is 0 Å². The lowest BCUT2D eigenvalue weighted by Crippen LogP contribution is -1.96. The van der Waals surface area contributed by atoms with E-state index in [0.29, 0.717) is 15.7 Å². The van der Waals surface area contributed by atoms with Crippen LogP contribution < -0.4 is 5.32 Å². The minimum Gasteiger partial charge on any atom is -0.353 e. The molecule has 0 aliphatic rings. The zero-order chi connectivity index (χ0) is 14.0. The molecule has 1 N–H and O–H groups in total. The summed E-state index contributed by atoms with van der Waals surface area (Å²) >= 11 is 6.24. The Labute approximate surface area is 125 Å². The Bertz CT molecular complexity index is 681. The van der Waals surface area contributed by atoms with Crippen molar-refractivity contribution < 1.29 is 8.78 Å². The van der Waals surface area contributed by atoms with Crippen LogP contribution in [-0.4, -0.2) is 0 Å². The fraction of sp³-hybridized carbons (Fsp3) is 0. The third-order valence-electron chi connectivity index (χ3n) is 2.38. The predicted molar refractivity (Wildman–Crippen MR) is 76.2 cm³/mol. The van der Waals surface area contributed by atoms with Gasteiger partial charge in [0.2, 0.25) is 0 Å². The number of rotatable bonds is 2. The normalized spacial score (nSPS) is 10.1. The van der Waals surface area contributed by atoms with Crippen molar-refractivity contribution >= 4 is 43.2 Å². The van der Waals surface area contributed by atoms with Crippen molar-refractivity contribution in [1.82, 2.24) is 0 Å². The van der Waals surface area contributed by atoms with Gasteiger partial charge in [-0.25, -0.2) is 8.78 Å². The maximum absolute atomic E-state index is 13.6. The van der Waals surface area contributed by atoms with Crippen LogP contribution in [0.4, 0.5) is 20.2 Å². The van der Waals surface area contributed by atoms with E-state index in [1.54, 1.807) is 18.2 Å². The monoisotopic (exact) mass is 386 g/mol. The molecule has 0 aliphatic carbocycles. The number of benzene rings is 2. The molecule has 0 amide bonds. The molecular weight excluding hydrogens is 382 g/mol. The summed E-state index contributed by atoms with van der Waals surface area (Å²) in [4.78, 5) is 0. The second kappa shape index (κ2) is 5.68. The first-order valence-electron chi connectivity index (χ1n) is 5.12. The van der Waals surface area contributed by atoms with E-state index in [2.05, 4.69) is 37.2 Å². The quantitative estimate of drug-likeness (QED) is 0.727. The lowest BCUT2D eigenvalue weighted by molar-refractivity contribution is 0.581. The van der Waals surface area contributed by atoms with E-state index in [9.17, 15) is 8.78 Å². The Morgan fingerprint density at radius 1 is 1.00 bits per heavy atom. The van der Waals surface area contributed by atoms with Crippen LogP contribution in [0.25, 0.3) is 0 Å². The van der Waals surface area contributed by atoms with Crippen molar-refractivity contribution in [1.29, 1.82) is 5.26 Å². The van der Waals surface area contributed by atoms with Crippen molar-refractivity contribution in [2.24, 2.45) is 0 Å². The summed E-state index contributed by atoms with van der Waals surface area (Å²) in [6.45, 7) is 0. The van der Waals surface area contributed by atoms with E-state index in [4.69, 9.17) is 5.26 Å². The molecule has 0 saturated carbocycles. The topological polar surface area (TPSA) is 35.8 Å². The fourth-order valence-electron chi connectivity index (χ4n) is 1.46. The second-order valence-electron chi connectivity index (χ2n) is 3.68. The highest BCUT2D eigenvalue weighted by atomic mass is 79.9. The summed E-state index contributed by atoms with van der Waals surface area (Å²) in [7, 11) is 0. The van der Waals surface area contributed by atoms with Crippen molar-refractivity contribution in [3.63, 3.8) is 0 Å². The fourth-order valence-corrected chi connectivity index (χ4v) is 2.27. The maximum Gasteiger partial charge on any atom is 0.149 e. The SMILES string of the molecule is N#Cc1ccc(Nc2cc(Br)c(F)cc2F)cc1Br. The highest BCUT2D eigenvalue weighted by Gasteiger charge is 2.09. The smallest absolute Gasteiger partial charge is 0.149 e. The van der Waals surface area contributed by atoms with Crippen LogP contribution in [0.5, 0.6) is 0 Å². The number of nitriles is 1. The summed E-state index contributed by atoms with van der Waals surface area (Å²) in [6, 6.07) is 9.01. The Hall–Kier alpha value is -1.45. The van der Waals surface area contributed by atoms with Gasteiger partial charge in [0.1, 0.15) is 17.7 Å². The van der Waals surface area contributed by atoms with E-state index < -0.39 is 11.6 Å². The Morgan fingerprint density at radius 3 is 2.37 bits per heavy atom. The molecule has 0 spiro atoms. The third kappa shape index (κ3) is 3.11. The first-order valence-corrected chi connectivity index (χ1v) is 6.71. The predicted octanol–water partition coefficient (Wildman–Crippen LogP) is 5.11. The number of hydrogen-bond acceptors (Lipinski definition) is 2. The summed E-state index contributed by atoms with van der Waals surface area (Å²) in [6.07, 6.45) is 0.